The van der Waals surface area contributed by atoms with Crippen LogP contribution < -0.4 is 10.2 Å². The van der Waals surface area contributed by atoms with Crippen LogP contribution in [-0.2, 0) is 4.74 Å². The highest BCUT2D eigenvalue weighted by Crippen LogP contribution is 2.27. The SMILES string of the molecule is COC(=O)c1ccc(Cl)cc1NC(=O)N1CCCN(c2nc3ccccc3n3cccc23)CC1. The van der Waals surface area contributed by atoms with Gasteiger partial charge < -0.3 is 24.3 Å². The van der Waals surface area contributed by atoms with Gasteiger partial charge in [-0.2, -0.15) is 0 Å². The number of benzene rings is 2. The fourth-order valence-electron chi connectivity index (χ4n) is 4.37. The Bertz CT molecular complexity index is 1390. The summed E-state index contributed by atoms with van der Waals surface area (Å²) in [5, 5.41) is 3.25. The molecule has 1 aliphatic heterocycles. The van der Waals surface area contributed by atoms with E-state index in [0.717, 1.165) is 35.3 Å². The van der Waals surface area contributed by atoms with E-state index in [9.17, 15) is 9.59 Å². The van der Waals surface area contributed by atoms with Crippen LogP contribution >= 0.6 is 11.6 Å². The van der Waals surface area contributed by atoms with Crippen molar-refractivity contribution in [1.29, 1.82) is 0 Å². The van der Waals surface area contributed by atoms with Crippen molar-refractivity contribution < 1.29 is 14.3 Å². The number of nitrogens with one attached hydrogen (secondary N) is 1. The number of urea groups is 1. The van der Waals surface area contributed by atoms with Gasteiger partial charge in [-0.1, -0.05) is 23.7 Å². The van der Waals surface area contributed by atoms with Crippen LogP contribution in [0.4, 0.5) is 16.3 Å². The molecule has 1 fully saturated rings. The van der Waals surface area contributed by atoms with Gasteiger partial charge in [0, 0.05) is 37.4 Å². The molecule has 8 nitrogen and oxygen atoms in total. The molecule has 0 atom stereocenters. The lowest BCUT2D eigenvalue weighted by molar-refractivity contribution is 0.0602. The molecule has 0 bridgehead atoms. The second kappa shape index (κ2) is 9.23. The minimum atomic E-state index is -0.535. The number of esters is 1. The number of para-hydroxylation sites is 2. The fourth-order valence-corrected chi connectivity index (χ4v) is 4.55. The van der Waals surface area contributed by atoms with E-state index >= 15 is 0 Å². The predicted octanol–water partition coefficient (Wildman–Crippen LogP) is 4.67. The Morgan fingerprint density at radius 2 is 1.82 bits per heavy atom. The number of carbonyl (C=O) groups excluding carboxylic acids is 2. The smallest absolute Gasteiger partial charge is 0.339 e. The molecule has 0 spiro atoms. The summed E-state index contributed by atoms with van der Waals surface area (Å²) in [6, 6.07) is 16.6. The normalized spacial score (nSPS) is 14.3. The summed E-state index contributed by atoms with van der Waals surface area (Å²) in [5.74, 6) is 0.376. The van der Waals surface area contributed by atoms with Gasteiger partial charge in [0.2, 0.25) is 0 Å². The summed E-state index contributed by atoms with van der Waals surface area (Å²) in [5.41, 5.74) is 3.61. The van der Waals surface area contributed by atoms with Crippen LogP contribution in [0, 0.1) is 0 Å². The Kier molecular flexibility index (Phi) is 5.98. The first-order valence-corrected chi connectivity index (χ1v) is 11.5. The van der Waals surface area contributed by atoms with E-state index in [1.165, 1.54) is 7.11 Å². The molecule has 9 heteroatoms. The number of fused-ring (bicyclic) bond motifs is 3. The molecule has 4 aromatic rings. The predicted molar refractivity (Wildman–Crippen MR) is 133 cm³/mol. The maximum Gasteiger partial charge on any atom is 0.339 e. The first-order valence-electron chi connectivity index (χ1n) is 11.1. The standard InChI is InChI=1S/C25H24ClN5O3/c1-34-24(32)18-10-9-17(26)16-20(18)28-25(33)30-12-5-11-29(14-15-30)23-22-8-4-13-31(22)21-7-3-2-6-19(21)27-23/h2-4,6-10,13,16H,5,11-12,14-15H2,1H3,(H,28,33). The highest BCUT2D eigenvalue weighted by Gasteiger charge is 2.23. The fraction of sp³-hybridized carbons (Fsp3) is 0.240. The van der Waals surface area contributed by atoms with Gasteiger partial charge in [-0.3, -0.25) is 0 Å². The average Bonchev–Trinajstić information content (AvgIpc) is 3.21. The number of hydrogen-bond acceptors (Lipinski definition) is 5. The van der Waals surface area contributed by atoms with E-state index in [1.807, 2.05) is 30.5 Å². The van der Waals surface area contributed by atoms with Gasteiger partial charge in [0.1, 0.15) is 0 Å². The maximum absolute atomic E-state index is 13.1. The molecule has 3 heterocycles. The lowest BCUT2D eigenvalue weighted by Crippen LogP contribution is -2.38. The van der Waals surface area contributed by atoms with Crippen molar-refractivity contribution in [2.24, 2.45) is 0 Å². The summed E-state index contributed by atoms with van der Waals surface area (Å²) in [6.07, 6.45) is 2.83. The zero-order valence-electron chi connectivity index (χ0n) is 18.7. The molecule has 0 unspecified atom stereocenters. The van der Waals surface area contributed by atoms with E-state index in [0.29, 0.717) is 30.3 Å². The van der Waals surface area contributed by atoms with Crippen LogP contribution in [-0.4, -0.2) is 59.6 Å². The van der Waals surface area contributed by atoms with Gasteiger partial charge >= 0.3 is 12.0 Å². The molecule has 1 aliphatic rings. The maximum atomic E-state index is 13.1. The number of ether oxygens (including phenoxy) is 1. The number of anilines is 2. The molecule has 0 radical (unpaired) electrons. The number of hydrogen-bond donors (Lipinski definition) is 1. The van der Waals surface area contributed by atoms with Crippen molar-refractivity contribution >= 4 is 51.7 Å². The first kappa shape index (κ1) is 22.0. The topological polar surface area (TPSA) is 79.2 Å². The van der Waals surface area contributed by atoms with Crippen LogP contribution in [0.25, 0.3) is 16.6 Å². The Labute approximate surface area is 201 Å². The molecule has 2 aromatic heterocycles. The van der Waals surface area contributed by atoms with Crippen molar-refractivity contribution in [2.45, 2.75) is 6.42 Å². The Morgan fingerprint density at radius 3 is 2.68 bits per heavy atom. The summed E-state index contributed by atoms with van der Waals surface area (Å²) in [4.78, 5) is 34.1. The quantitative estimate of drug-likeness (QED) is 0.434. The minimum absolute atomic E-state index is 0.257. The molecule has 1 saturated heterocycles. The molecule has 2 amide bonds. The lowest BCUT2D eigenvalue weighted by atomic mass is 10.2. The number of methoxy groups -OCH3 is 1. The van der Waals surface area contributed by atoms with E-state index in [4.69, 9.17) is 21.3 Å². The number of nitrogens with zero attached hydrogens (tertiary/aromatic N) is 4. The van der Waals surface area contributed by atoms with Crippen LogP contribution in [0.5, 0.6) is 0 Å². The van der Waals surface area contributed by atoms with Gasteiger partial charge in [-0.15, -0.1) is 0 Å². The second-order valence-electron chi connectivity index (χ2n) is 8.13. The Hall–Kier alpha value is -3.78. The third-order valence-electron chi connectivity index (χ3n) is 6.06. The Morgan fingerprint density at radius 1 is 1.00 bits per heavy atom. The average molecular weight is 478 g/mol. The van der Waals surface area contributed by atoms with Crippen molar-refractivity contribution in [2.75, 3.05) is 43.5 Å². The molecule has 0 saturated carbocycles. The molecule has 174 valence electrons. The number of rotatable bonds is 3. The molecule has 34 heavy (non-hydrogen) atoms. The van der Waals surface area contributed by atoms with Gasteiger partial charge in [0.25, 0.3) is 0 Å². The number of halogens is 1. The zero-order valence-corrected chi connectivity index (χ0v) is 19.5. The molecular weight excluding hydrogens is 454 g/mol. The second-order valence-corrected chi connectivity index (χ2v) is 8.56. The van der Waals surface area contributed by atoms with Crippen LogP contribution in [0.1, 0.15) is 16.8 Å². The van der Waals surface area contributed by atoms with Crippen LogP contribution in [0.15, 0.2) is 60.8 Å². The molecule has 5 rings (SSSR count). The lowest BCUT2D eigenvalue weighted by Gasteiger charge is -2.24. The van der Waals surface area contributed by atoms with Gasteiger partial charge in [0.05, 0.1) is 34.9 Å². The zero-order chi connectivity index (χ0) is 23.7. The highest BCUT2D eigenvalue weighted by atomic mass is 35.5. The number of aromatic nitrogens is 2. The minimum Gasteiger partial charge on any atom is -0.465 e. The third kappa shape index (κ3) is 4.12. The van der Waals surface area contributed by atoms with Crippen molar-refractivity contribution in [3.05, 3.63) is 71.4 Å². The summed E-state index contributed by atoms with van der Waals surface area (Å²) in [6.45, 7) is 2.52. The van der Waals surface area contributed by atoms with E-state index in [1.54, 1.807) is 23.1 Å². The molecule has 2 aromatic carbocycles. The van der Waals surface area contributed by atoms with Crippen molar-refractivity contribution in [1.82, 2.24) is 14.3 Å². The van der Waals surface area contributed by atoms with Crippen molar-refractivity contribution in [3.63, 3.8) is 0 Å². The van der Waals surface area contributed by atoms with Gasteiger partial charge in [-0.05, 0) is 48.9 Å². The summed E-state index contributed by atoms with van der Waals surface area (Å²) in [7, 11) is 1.30. The number of carbonyl (C=O) groups is 2. The molecule has 1 N–H and O–H groups in total. The van der Waals surface area contributed by atoms with E-state index < -0.39 is 5.97 Å². The van der Waals surface area contributed by atoms with Gasteiger partial charge in [0.15, 0.2) is 5.82 Å². The van der Waals surface area contributed by atoms with Crippen LogP contribution in [0.2, 0.25) is 5.02 Å². The largest absolute Gasteiger partial charge is 0.465 e. The monoisotopic (exact) mass is 477 g/mol. The number of amides is 2. The van der Waals surface area contributed by atoms with Crippen LogP contribution in [0.3, 0.4) is 0 Å². The summed E-state index contributed by atoms with van der Waals surface area (Å²) >= 11 is 6.09. The Balaban J connectivity index is 1.36. The highest BCUT2D eigenvalue weighted by molar-refractivity contribution is 6.31. The van der Waals surface area contributed by atoms with Crippen molar-refractivity contribution in [3.8, 4) is 0 Å². The summed E-state index contributed by atoms with van der Waals surface area (Å²) < 4.78 is 6.98. The molecule has 0 aliphatic carbocycles. The third-order valence-corrected chi connectivity index (χ3v) is 6.29. The van der Waals surface area contributed by atoms with Gasteiger partial charge in [-0.25, -0.2) is 14.6 Å². The van der Waals surface area contributed by atoms with E-state index in [-0.39, 0.29) is 11.6 Å². The van der Waals surface area contributed by atoms with E-state index in [2.05, 4.69) is 26.8 Å². The molecular formula is C25H24ClN5O3. The first-order chi connectivity index (χ1) is 16.5.